The zero-order chi connectivity index (χ0) is 29.9. The summed E-state index contributed by atoms with van der Waals surface area (Å²) >= 11 is 0. The lowest BCUT2D eigenvalue weighted by Crippen LogP contribution is -2.45. The number of hydrogen-bond acceptors (Lipinski definition) is 12. The van der Waals surface area contributed by atoms with Crippen molar-refractivity contribution in [3.05, 3.63) is 55.2 Å². The molecule has 2 aliphatic heterocycles. The Kier molecular flexibility index (Phi) is 8.09. The van der Waals surface area contributed by atoms with Gasteiger partial charge in [0.15, 0.2) is 5.65 Å². The second-order valence-corrected chi connectivity index (χ2v) is 11.3. The third-order valence-electron chi connectivity index (χ3n) is 8.12. The third kappa shape index (κ3) is 6.37. The minimum absolute atomic E-state index is 0.135. The molecule has 2 saturated heterocycles. The molecule has 0 radical (unpaired) electrons. The van der Waals surface area contributed by atoms with Crippen LogP contribution in [0.25, 0.3) is 33.7 Å². The molecule has 0 bridgehead atoms. The van der Waals surface area contributed by atoms with E-state index in [9.17, 15) is 0 Å². The van der Waals surface area contributed by atoms with E-state index in [-0.39, 0.29) is 6.10 Å². The summed E-state index contributed by atoms with van der Waals surface area (Å²) in [6.07, 6.45) is 8.96. The molecule has 0 aliphatic carbocycles. The summed E-state index contributed by atoms with van der Waals surface area (Å²) in [6, 6.07) is 8.13. The molecule has 0 saturated carbocycles. The molecule has 14 heteroatoms. The van der Waals surface area contributed by atoms with Crippen LogP contribution in [0.4, 0.5) is 5.95 Å². The number of likely N-dealkylation sites (N-methyl/N-ethyl adjacent to an activating group) is 1. The normalized spacial score (nSPS) is 18.2. The van der Waals surface area contributed by atoms with Crippen molar-refractivity contribution in [3.63, 3.8) is 0 Å². The van der Waals surface area contributed by atoms with E-state index in [2.05, 4.69) is 54.3 Å². The highest BCUT2D eigenvalue weighted by Crippen LogP contribution is 2.24. The first-order valence-corrected chi connectivity index (χ1v) is 15.0. The molecule has 7 rings (SSSR count). The standard InChI is InChI=1S/C30H36N12O2/c1-38-7-9-40(10-8-38)11-13-43-25-5-3-22(4-6-25)23-15-32-30(33-16-23)41-12-14-44-26(20-41)21-42-29-28(36-37-42)31-18-27(35-29)24-17-34-39(2)19-24/h3-6,15-19,26H,7-14,20-21H2,1-2H3/t26-/m0/s1. The molecule has 44 heavy (non-hydrogen) atoms. The Morgan fingerprint density at radius 1 is 0.886 bits per heavy atom. The van der Waals surface area contributed by atoms with E-state index in [4.69, 9.17) is 24.4 Å². The van der Waals surface area contributed by atoms with Crippen LogP contribution in [0.15, 0.2) is 55.2 Å². The second kappa shape index (κ2) is 12.6. The van der Waals surface area contributed by atoms with Gasteiger partial charge in [-0.25, -0.2) is 24.6 Å². The van der Waals surface area contributed by atoms with Crippen LogP contribution in [-0.2, 0) is 18.3 Å². The predicted octanol–water partition coefficient (Wildman–Crippen LogP) is 1.61. The largest absolute Gasteiger partial charge is 0.492 e. The van der Waals surface area contributed by atoms with Gasteiger partial charge in [-0.05, 0) is 24.7 Å². The molecule has 6 heterocycles. The molecule has 0 amide bonds. The van der Waals surface area contributed by atoms with Gasteiger partial charge in [-0.15, -0.1) is 5.10 Å². The molecule has 1 aromatic carbocycles. The van der Waals surface area contributed by atoms with Crippen molar-refractivity contribution in [3.8, 4) is 28.1 Å². The van der Waals surface area contributed by atoms with Gasteiger partial charge in [-0.3, -0.25) is 9.58 Å². The number of benzene rings is 1. The lowest BCUT2D eigenvalue weighted by Gasteiger charge is -2.32. The minimum Gasteiger partial charge on any atom is -0.492 e. The molecule has 228 valence electrons. The number of hydrogen-bond donors (Lipinski definition) is 0. The fraction of sp³-hybridized carbons (Fsp3) is 0.433. The summed E-state index contributed by atoms with van der Waals surface area (Å²) in [5.41, 5.74) is 4.72. The summed E-state index contributed by atoms with van der Waals surface area (Å²) in [5.74, 6) is 1.55. The van der Waals surface area contributed by atoms with Crippen molar-refractivity contribution in [2.75, 3.05) is 71.0 Å². The molecule has 14 nitrogen and oxygen atoms in total. The van der Waals surface area contributed by atoms with Crippen LogP contribution >= 0.6 is 0 Å². The van der Waals surface area contributed by atoms with Gasteiger partial charge in [0.25, 0.3) is 0 Å². The zero-order valence-electron chi connectivity index (χ0n) is 25.0. The van der Waals surface area contributed by atoms with Gasteiger partial charge in [0.1, 0.15) is 12.4 Å². The number of ether oxygens (including phenoxy) is 2. The summed E-state index contributed by atoms with van der Waals surface area (Å²) in [6.45, 7) is 8.45. The molecular weight excluding hydrogens is 560 g/mol. The maximum Gasteiger partial charge on any atom is 0.225 e. The lowest BCUT2D eigenvalue weighted by atomic mass is 10.1. The van der Waals surface area contributed by atoms with Crippen LogP contribution in [0.5, 0.6) is 5.75 Å². The third-order valence-corrected chi connectivity index (χ3v) is 8.12. The second-order valence-electron chi connectivity index (χ2n) is 11.3. The average molecular weight is 597 g/mol. The Hall–Kier alpha value is -4.53. The Bertz CT molecular complexity index is 1680. The predicted molar refractivity (Wildman–Crippen MR) is 164 cm³/mol. The van der Waals surface area contributed by atoms with Gasteiger partial charge < -0.3 is 19.3 Å². The van der Waals surface area contributed by atoms with E-state index in [0.29, 0.717) is 50.1 Å². The number of anilines is 1. The molecule has 0 N–H and O–H groups in total. The fourth-order valence-electron chi connectivity index (χ4n) is 5.52. The highest BCUT2D eigenvalue weighted by Gasteiger charge is 2.24. The van der Waals surface area contributed by atoms with Gasteiger partial charge in [-0.1, -0.05) is 17.3 Å². The first-order valence-electron chi connectivity index (χ1n) is 15.0. The molecule has 1 atom stereocenters. The number of piperazine rings is 1. The topological polar surface area (TPSA) is 128 Å². The van der Waals surface area contributed by atoms with Gasteiger partial charge >= 0.3 is 0 Å². The van der Waals surface area contributed by atoms with Crippen LogP contribution in [0.1, 0.15) is 0 Å². The first-order chi connectivity index (χ1) is 21.6. The highest BCUT2D eigenvalue weighted by molar-refractivity contribution is 5.69. The molecule has 0 spiro atoms. The molecule has 2 fully saturated rings. The smallest absolute Gasteiger partial charge is 0.225 e. The van der Waals surface area contributed by atoms with Crippen molar-refractivity contribution in [2.45, 2.75) is 12.6 Å². The van der Waals surface area contributed by atoms with Crippen molar-refractivity contribution >= 4 is 17.2 Å². The van der Waals surface area contributed by atoms with Crippen LogP contribution < -0.4 is 9.64 Å². The number of nitrogens with zero attached hydrogens (tertiary/aromatic N) is 12. The molecule has 2 aliphatic rings. The maximum absolute atomic E-state index is 6.08. The van der Waals surface area contributed by atoms with Crippen molar-refractivity contribution in [1.29, 1.82) is 0 Å². The van der Waals surface area contributed by atoms with Gasteiger partial charge in [0.2, 0.25) is 11.6 Å². The quantitative estimate of drug-likeness (QED) is 0.245. The molecule has 5 aromatic rings. The number of fused-ring (bicyclic) bond motifs is 1. The summed E-state index contributed by atoms with van der Waals surface area (Å²) < 4.78 is 15.6. The SMILES string of the molecule is CN1CCN(CCOc2ccc(-c3cnc(N4CCO[C@H](Cn5nnc6ncc(-c7cnn(C)c7)nc65)C4)nc3)cc2)CC1. The number of morpholine rings is 1. The van der Waals surface area contributed by atoms with E-state index in [1.807, 2.05) is 37.8 Å². The van der Waals surface area contributed by atoms with E-state index in [0.717, 1.165) is 60.9 Å². The van der Waals surface area contributed by atoms with Crippen LogP contribution in [0.2, 0.25) is 0 Å². The molecular formula is C30H36N12O2. The van der Waals surface area contributed by atoms with E-state index < -0.39 is 0 Å². The Labute approximate surface area is 255 Å². The van der Waals surface area contributed by atoms with Crippen LogP contribution in [0, 0.1) is 0 Å². The van der Waals surface area contributed by atoms with Gasteiger partial charge in [0.05, 0.1) is 37.3 Å². The van der Waals surface area contributed by atoms with Crippen molar-refractivity contribution in [1.82, 2.24) is 54.5 Å². The Balaban J connectivity index is 0.950. The minimum atomic E-state index is -0.135. The van der Waals surface area contributed by atoms with Crippen molar-refractivity contribution < 1.29 is 9.47 Å². The van der Waals surface area contributed by atoms with E-state index in [1.54, 1.807) is 21.8 Å². The van der Waals surface area contributed by atoms with E-state index in [1.165, 1.54) is 0 Å². The summed E-state index contributed by atoms with van der Waals surface area (Å²) in [4.78, 5) is 25.5. The molecule has 4 aromatic heterocycles. The van der Waals surface area contributed by atoms with Crippen molar-refractivity contribution in [2.24, 2.45) is 7.05 Å². The van der Waals surface area contributed by atoms with Gasteiger partial charge in [-0.2, -0.15) is 5.10 Å². The summed E-state index contributed by atoms with van der Waals surface area (Å²) in [5, 5.41) is 12.7. The lowest BCUT2D eigenvalue weighted by molar-refractivity contribution is 0.0273. The first kappa shape index (κ1) is 28.3. The zero-order valence-corrected chi connectivity index (χ0v) is 25.0. The Morgan fingerprint density at radius 3 is 2.48 bits per heavy atom. The van der Waals surface area contributed by atoms with Crippen LogP contribution in [-0.4, -0.2) is 127 Å². The number of aromatic nitrogens is 9. The number of aryl methyl sites for hydroxylation is 1. The Morgan fingerprint density at radius 2 is 1.70 bits per heavy atom. The molecule has 0 unspecified atom stereocenters. The number of rotatable bonds is 9. The van der Waals surface area contributed by atoms with Crippen LogP contribution in [0.3, 0.4) is 0 Å². The fourth-order valence-corrected chi connectivity index (χ4v) is 5.52. The highest BCUT2D eigenvalue weighted by atomic mass is 16.5. The maximum atomic E-state index is 6.08. The van der Waals surface area contributed by atoms with Gasteiger partial charge in [0, 0.05) is 82.6 Å². The average Bonchev–Trinajstić information content (AvgIpc) is 3.68. The van der Waals surface area contributed by atoms with E-state index >= 15 is 0 Å². The monoisotopic (exact) mass is 596 g/mol. The summed E-state index contributed by atoms with van der Waals surface area (Å²) in [7, 11) is 4.04.